The number of carbonyl (C=O) groups excluding carboxylic acids is 2. The van der Waals surface area contributed by atoms with Crippen molar-refractivity contribution in [3.63, 3.8) is 0 Å². The van der Waals surface area contributed by atoms with Crippen LogP contribution in [0.25, 0.3) is 10.9 Å². The van der Waals surface area contributed by atoms with Crippen molar-refractivity contribution < 1.29 is 14.3 Å². The zero-order chi connectivity index (χ0) is 24.6. The Labute approximate surface area is 215 Å². The van der Waals surface area contributed by atoms with Crippen LogP contribution in [0.4, 0.5) is 0 Å². The van der Waals surface area contributed by atoms with Gasteiger partial charge in [0.15, 0.2) is 5.78 Å². The lowest BCUT2D eigenvalue weighted by atomic mass is 9.80. The molecule has 0 aliphatic carbocycles. The van der Waals surface area contributed by atoms with Crippen LogP contribution in [0.15, 0.2) is 53.8 Å². The molecule has 0 saturated carbocycles. The number of ether oxygens (including phenoxy) is 1. The Bertz CT molecular complexity index is 1160. The number of ketones is 1. The van der Waals surface area contributed by atoms with Crippen molar-refractivity contribution in [2.24, 2.45) is 11.3 Å². The molecule has 5 rings (SSSR count). The van der Waals surface area contributed by atoms with Crippen molar-refractivity contribution in [1.82, 2.24) is 14.4 Å². The molecule has 3 fully saturated rings. The molecule has 0 N–H and O–H groups in total. The second kappa shape index (κ2) is 9.94. The summed E-state index contributed by atoms with van der Waals surface area (Å²) in [5, 5.41) is 1.04. The number of allylic oxidation sites excluding steroid dienone is 1. The Kier molecular flexibility index (Phi) is 6.91. The highest BCUT2D eigenvalue weighted by molar-refractivity contribution is 9.10. The maximum atomic E-state index is 13.3. The summed E-state index contributed by atoms with van der Waals surface area (Å²) in [6, 6.07) is 6.09. The van der Waals surface area contributed by atoms with Crippen LogP contribution in [-0.4, -0.2) is 65.5 Å². The van der Waals surface area contributed by atoms with Gasteiger partial charge in [-0.3, -0.25) is 9.59 Å². The first-order valence-corrected chi connectivity index (χ1v) is 13.4. The van der Waals surface area contributed by atoms with Crippen molar-refractivity contribution in [2.45, 2.75) is 38.6 Å². The van der Waals surface area contributed by atoms with Gasteiger partial charge in [0.1, 0.15) is 0 Å². The summed E-state index contributed by atoms with van der Waals surface area (Å²) in [6.45, 7) is 13.1. The first kappa shape index (κ1) is 24.3. The van der Waals surface area contributed by atoms with Gasteiger partial charge >= 0.3 is 0 Å². The Morgan fingerprint density at radius 3 is 2.69 bits per heavy atom. The first-order valence-electron chi connectivity index (χ1n) is 12.6. The minimum Gasteiger partial charge on any atom is -0.381 e. The van der Waals surface area contributed by atoms with E-state index >= 15 is 0 Å². The molecule has 3 saturated heterocycles. The minimum absolute atomic E-state index is 0.177. The number of aromatic nitrogens is 1. The lowest BCUT2D eigenvalue weighted by Crippen LogP contribution is -2.46. The molecule has 1 amide bonds. The number of hydrogen-bond donors (Lipinski definition) is 0. The molecule has 4 heterocycles. The predicted molar refractivity (Wildman–Crippen MR) is 141 cm³/mol. The van der Waals surface area contributed by atoms with E-state index < -0.39 is 0 Å². The van der Waals surface area contributed by atoms with Crippen LogP contribution in [0.3, 0.4) is 0 Å². The van der Waals surface area contributed by atoms with Gasteiger partial charge in [0.05, 0.1) is 13.0 Å². The van der Waals surface area contributed by atoms with E-state index in [0.29, 0.717) is 25.3 Å². The zero-order valence-electron chi connectivity index (χ0n) is 20.3. The molecule has 3 aliphatic rings. The summed E-state index contributed by atoms with van der Waals surface area (Å²) >= 11 is 3.58. The fourth-order valence-corrected chi connectivity index (χ4v) is 6.25. The zero-order valence-corrected chi connectivity index (χ0v) is 21.9. The molecule has 0 unspecified atom stereocenters. The van der Waals surface area contributed by atoms with Crippen LogP contribution in [0.1, 0.15) is 31.2 Å². The third kappa shape index (κ3) is 5.12. The highest BCUT2D eigenvalue weighted by Crippen LogP contribution is 2.40. The third-order valence-electron chi connectivity index (χ3n) is 8.07. The number of hydrogen-bond acceptors (Lipinski definition) is 4. The number of Topliss-reactive ketones (excluding diaryl/α,β-unsaturated/α-hetero) is 1. The van der Waals surface area contributed by atoms with Crippen molar-refractivity contribution in [2.75, 3.05) is 39.4 Å². The van der Waals surface area contributed by atoms with Gasteiger partial charge in [-0.1, -0.05) is 29.1 Å². The van der Waals surface area contributed by atoms with E-state index in [1.165, 1.54) is 0 Å². The van der Waals surface area contributed by atoms with E-state index in [1.54, 1.807) is 6.08 Å². The van der Waals surface area contributed by atoms with Gasteiger partial charge in [0.25, 0.3) is 0 Å². The molecule has 7 heteroatoms. The second-order valence-electron chi connectivity index (χ2n) is 10.5. The molecule has 1 aromatic carbocycles. The number of rotatable bonds is 8. The number of benzene rings is 1. The lowest BCUT2D eigenvalue weighted by molar-refractivity contribution is -0.130. The van der Waals surface area contributed by atoms with Gasteiger partial charge < -0.3 is 19.1 Å². The number of carbonyl (C=O) groups is 2. The van der Waals surface area contributed by atoms with E-state index in [1.807, 2.05) is 27.8 Å². The minimum atomic E-state index is 0.177. The molecule has 1 aromatic heterocycles. The monoisotopic (exact) mass is 539 g/mol. The fourth-order valence-electron chi connectivity index (χ4n) is 5.89. The standard InChI is InChI=1S/C28H34BrN3O3/c1-3-20(2)31-15-21(16-31)12-24(33)18-32-17-22(25-14-23(29)4-5-26(25)32)13-27(34)30-9-6-28(19-30)7-10-35-11-8-28/h3-5,14,17,21H,1-2,6-13,15-16,18-19H2. The molecule has 35 heavy (non-hydrogen) atoms. The van der Waals surface area contributed by atoms with Crippen molar-refractivity contribution >= 4 is 38.5 Å². The van der Waals surface area contributed by atoms with Crippen molar-refractivity contribution in [1.29, 1.82) is 0 Å². The summed E-state index contributed by atoms with van der Waals surface area (Å²) in [5.74, 6) is 0.761. The largest absolute Gasteiger partial charge is 0.381 e. The van der Waals surface area contributed by atoms with Crippen LogP contribution in [-0.2, 0) is 27.3 Å². The van der Waals surface area contributed by atoms with Gasteiger partial charge in [-0.2, -0.15) is 0 Å². The van der Waals surface area contributed by atoms with Crippen LogP contribution in [0, 0.1) is 11.3 Å². The van der Waals surface area contributed by atoms with E-state index in [0.717, 1.165) is 85.3 Å². The maximum Gasteiger partial charge on any atom is 0.227 e. The summed E-state index contributed by atoms with van der Waals surface area (Å²) < 4.78 is 8.55. The number of nitrogens with zero attached hydrogens (tertiary/aromatic N) is 3. The molecule has 6 nitrogen and oxygen atoms in total. The summed E-state index contributed by atoms with van der Waals surface area (Å²) in [5.41, 5.74) is 3.16. The van der Waals surface area contributed by atoms with Gasteiger partial charge in [-0.05, 0) is 54.5 Å². The molecule has 3 aliphatic heterocycles. The first-order chi connectivity index (χ1) is 16.9. The Morgan fingerprint density at radius 1 is 1.17 bits per heavy atom. The van der Waals surface area contributed by atoms with Crippen molar-refractivity contribution in [3.05, 3.63) is 59.4 Å². The van der Waals surface area contributed by atoms with Crippen LogP contribution in [0.2, 0.25) is 0 Å². The maximum absolute atomic E-state index is 13.3. The third-order valence-corrected chi connectivity index (χ3v) is 8.57. The summed E-state index contributed by atoms with van der Waals surface area (Å²) in [4.78, 5) is 30.4. The average molecular weight is 541 g/mol. The number of amides is 1. The smallest absolute Gasteiger partial charge is 0.227 e. The second-order valence-corrected chi connectivity index (χ2v) is 11.4. The topological polar surface area (TPSA) is 54.8 Å². The summed E-state index contributed by atoms with van der Waals surface area (Å²) in [7, 11) is 0. The highest BCUT2D eigenvalue weighted by atomic mass is 79.9. The van der Waals surface area contributed by atoms with Crippen molar-refractivity contribution in [3.8, 4) is 0 Å². The Morgan fingerprint density at radius 2 is 1.94 bits per heavy atom. The lowest BCUT2D eigenvalue weighted by Gasteiger charge is -2.41. The number of fused-ring (bicyclic) bond motifs is 1. The van der Waals surface area contributed by atoms with Gasteiger partial charge in [-0.25, -0.2) is 0 Å². The molecule has 0 radical (unpaired) electrons. The molecule has 2 aromatic rings. The molecule has 0 atom stereocenters. The Balaban J connectivity index is 1.26. The average Bonchev–Trinajstić information content (AvgIpc) is 3.37. The predicted octanol–water partition coefficient (Wildman–Crippen LogP) is 4.57. The Hall–Kier alpha value is -2.38. The molecule has 0 bridgehead atoms. The normalized spacial score (nSPS) is 19.8. The van der Waals surface area contributed by atoms with Gasteiger partial charge in [0.2, 0.25) is 5.91 Å². The van der Waals surface area contributed by atoms with E-state index in [9.17, 15) is 9.59 Å². The molecular formula is C28H34BrN3O3. The number of likely N-dealkylation sites (tertiary alicyclic amines) is 2. The highest BCUT2D eigenvalue weighted by Gasteiger charge is 2.41. The van der Waals surface area contributed by atoms with E-state index in [2.05, 4.69) is 40.1 Å². The van der Waals surface area contributed by atoms with Gasteiger partial charge in [0, 0.05) is 79.0 Å². The van der Waals surface area contributed by atoms with Gasteiger partial charge in [-0.15, -0.1) is 0 Å². The van der Waals surface area contributed by atoms with E-state index in [-0.39, 0.29) is 17.1 Å². The SMILES string of the molecule is C=CC(=C)N1CC(CC(=O)Cn2cc(CC(=O)N3CCC4(CCOCC4)C3)c3cc(Br)ccc32)C1. The quantitative estimate of drug-likeness (QED) is 0.461. The van der Waals surface area contributed by atoms with E-state index in [4.69, 9.17) is 4.74 Å². The molecular weight excluding hydrogens is 506 g/mol. The molecule has 186 valence electrons. The fraction of sp³-hybridized carbons (Fsp3) is 0.500. The van der Waals surface area contributed by atoms with Crippen LogP contribution >= 0.6 is 15.9 Å². The van der Waals surface area contributed by atoms with Crippen LogP contribution < -0.4 is 0 Å². The van der Waals surface area contributed by atoms with Crippen LogP contribution in [0.5, 0.6) is 0 Å². The molecule has 1 spiro atoms. The summed E-state index contributed by atoms with van der Waals surface area (Å²) in [6.07, 6.45) is 7.86. The number of halogens is 1.